The summed E-state index contributed by atoms with van der Waals surface area (Å²) in [5, 5.41) is 11.7. The van der Waals surface area contributed by atoms with E-state index in [9.17, 15) is 14.9 Å². The van der Waals surface area contributed by atoms with Crippen molar-refractivity contribution in [3.63, 3.8) is 0 Å². The maximum Gasteiger partial charge on any atom is 0.271 e. The van der Waals surface area contributed by atoms with Gasteiger partial charge >= 0.3 is 0 Å². The first-order valence-electron chi connectivity index (χ1n) is 13.7. The number of hydrogen-bond donors (Lipinski definition) is 0. The summed E-state index contributed by atoms with van der Waals surface area (Å²) in [5.74, 6) is 0.710. The summed E-state index contributed by atoms with van der Waals surface area (Å²) < 4.78 is 8.25. The van der Waals surface area contributed by atoms with Crippen molar-refractivity contribution in [2.75, 3.05) is 0 Å². The van der Waals surface area contributed by atoms with Gasteiger partial charge in [-0.15, -0.1) is 0 Å². The van der Waals surface area contributed by atoms with E-state index in [-0.39, 0.29) is 11.2 Å². The van der Waals surface area contributed by atoms with E-state index in [4.69, 9.17) is 9.73 Å². The molecule has 0 bridgehead atoms. The van der Waals surface area contributed by atoms with Gasteiger partial charge in [0.05, 0.1) is 21.2 Å². The van der Waals surface area contributed by atoms with Gasteiger partial charge < -0.3 is 4.74 Å². The fraction of sp³-hybridized carbons (Fsp3) is 0.118. The van der Waals surface area contributed by atoms with Crippen LogP contribution in [0.2, 0.25) is 0 Å². The lowest BCUT2D eigenvalue weighted by Crippen LogP contribution is -2.38. The van der Waals surface area contributed by atoms with Crippen LogP contribution in [0.25, 0.3) is 11.8 Å². The quantitative estimate of drug-likeness (QED) is 0.190. The van der Waals surface area contributed by atoms with Crippen LogP contribution in [-0.4, -0.2) is 9.49 Å². The fourth-order valence-corrected chi connectivity index (χ4v) is 6.72. The number of allylic oxidation sites excluding steroid dienone is 1. The average Bonchev–Trinajstić information content (AvgIpc) is 3.33. The third kappa shape index (κ3) is 4.76. The Morgan fingerprint density at radius 1 is 0.952 bits per heavy atom. The van der Waals surface area contributed by atoms with Crippen LogP contribution >= 0.6 is 11.3 Å². The number of fused-ring (bicyclic) bond motifs is 3. The van der Waals surface area contributed by atoms with Crippen molar-refractivity contribution in [1.82, 2.24) is 4.57 Å². The summed E-state index contributed by atoms with van der Waals surface area (Å²) >= 11 is 1.33. The van der Waals surface area contributed by atoms with E-state index in [2.05, 4.69) is 12.1 Å². The average molecular weight is 572 g/mol. The standard InChI is InChI=1S/C34H25N3O4S/c38-33-30(19-23-10-6-14-27(18-23)41-21-22-8-2-1-3-9-22)42-34-35-31-28-15-5-4-11-24(28)16-17-29(31)32(36(33)34)25-12-7-13-26(20-25)37(39)40/h1-15,18-20,32H,16-17,21H2/b30-19-/t32-/m0/s1. The Morgan fingerprint density at radius 3 is 2.62 bits per heavy atom. The highest BCUT2D eigenvalue weighted by Gasteiger charge is 2.33. The summed E-state index contributed by atoms with van der Waals surface area (Å²) in [5.41, 5.74) is 6.57. The minimum atomic E-state index is -0.479. The van der Waals surface area contributed by atoms with Gasteiger partial charge in [0, 0.05) is 17.7 Å². The van der Waals surface area contributed by atoms with Gasteiger partial charge in [0.25, 0.3) is 11.2 Å². The Kier molecular flexibility index (Phi) is 6.60. The minimum absolute atomic E-state index is 0.00250. The van der Waals surface area contributed by atoms with Gasteiger partial charge in [0.2, 0.25) is 0 Å². The zero-order valence-corrected chi connectivity index (χ0v) is 23.3. The lowest BCUT2D eigenvalue weighted by atomic mass is 9.83. The molecule has 0 saturated heterocycles. The predicted molar refractivity (Wildman–Crippen MR) is 163 cm³/mol. The molecule has 5 aromatic rings. The molecule has 42 heavy (non-hydrogen) atoms. The highest BCUT2D eigenvalue weighted by atomic mass is 32.1. The largest absolute Gasteiger partial charge is 0.489 e. The Morgan fingerprint density at radius 2 is 1.76 bits per heavy atom. The number of hydrogen-bond acceptors (Lipinski definition) is 6. The molecule has 1 aliphatic carbocycles. The second kappa shape index (κ2) is 10.7. The molecule has 206 valence electrons. The SMILES string of the molecule is O=c1/c(=C/c2cccc(OCc3ccccc3)c2)sc2n1[C@@H](c1cccc([N+](=O)[O-])c1)C1=C(N=2)c2ccccc2CC1. The second-order valence-corrected chi connectivity index (χ2v) is 11.3. The van der Waals surface area contributed by atoms with E-state index >= 15 is 0 Å². The van der Waals surface area contributed by atoms with Crippen molar-refractivity contribution in [3.05, 3.63) is 166 Å². The Bertz CT molecular complexity index is 2060. The maximum absolute atomic E-state index is 14.0. The van der Waals surface area contributed by atoms with Crippen molar-refractivity contribution in [2.45, 2.75) is 25.5 Å². The molecule has 0 N–H and O–H groups in total. The smallest absolute Gasteiger partial charge is 0.271 e. The van der Waals surface area contributed by atoms with Crippen molar-refractivity contribution in [1.29, 1.82) is 0 Å². The van der Waals surface area contributed by atoms with Crippen LogP contribution in [0.4, 0.5) is 5.69 Å². The number of aryl methyl sites for hydroxylation is 1. The van der Waals surface area contributed by atoms with E-state index in [1.807, 2.05) is 78.9 Å². The molecule has 2 aliphatic rings. The Hall–Kier alpha value is -5.08. The van der Waals surface area contributed by atoms with Crippen molar-refractivity contribution in [2.24, 2.45) is 4.99 Å². The maximum atomic E-state index is 14.0. The van der Waals surface area contributed by atoms with Gasteiger partial charge in [-0.1, -0.05) is 90.2 Å². The van der Waals surface area contributed by atoms with Crippen LogP contribution in [0.1, 0.15) is 40.3 Å². The molecular weight excluding hydrogens is 546 g/mol. The molecule has 1 aromatic heterocycles. The molecule has 0 fully saturated rings. The molecule has 1 atom stereocenters. The normalized spacial score (nSPS) is 15.8. The lowest BCUT2D eigenvalue weighted by Gasteiger charge is -2.30. The molecule has 0 unspecified atom stereocenters. The lowest BCUT2D eigenvalue weighted by molar-refractivity contribution is -0.384. The molecule has 1 aliphatic heterocycles. The van der Waals surface area contributed by atoms with Gasteiger partial charge in [-0.3, -0.25) is 19.5 Å². The topological polar surface area (TPSA) is 86.7 Å². The van der Waals surface area contributed by atoms with E-state index in [0.717, 1.165) is 34.4 Å². The molecule has 0 radical (unpaired) electrons. The summed E-state index contributed by atoms with van der Waals surface area (Å²) in [6, 6.07) is 31.9. The number of nitro benzene ring substituents is 1. The van der Waals surface area contributed by atoms with Gasteiger partial charge in [-0.2, -0.15) is 0 Å². The van der Waals surface area contributed by atoms with Crippen LogP contribution in [0.15, 0.2) is 118 Å². The number of thiazole rings is 1. The Balaban J connectivity index is 1.34. The van der Waals surface area contributed by atoms with Crippen molar-refractivity contribution < 1.29 is 9.66 Å². The highest BCUT2D eigenvalue weighted by molar-refractivity contribution is 7.07. The monoisotopic (exact) mass is 571 g/mol. The summed E-state index contributed by atoms with van der Waals surface area (Å²) in [4.78, 5) is 30.9. The van der Waals surface area contributed by atoms with E-state index in [1.54, 1.807) is 16.7 Å². The molecule has 2 heterocycles. The van der Waals surface area contributed by atoms with Crippen LogP contribution in [-0.2, 0) is 13.0 Å². The molecule has 0 spiro atoms. The second-order valence-electron chi connectivity index (χ2n) is 10.3. The first-order valence-corrected chi connectivity index (χ1v) is 14.5. The molecule has 8 heteroatoms. The van der Waals surface area contributed by atoms with E-state index < -0.39 is 11.0 Å². The van der Waals surface area contributed by atoms with Gasteiger partial charge in [-0.05, 0) is 58.9 Å². The minimum Gasteiger partial charge on any atom is -0.489 e. The highest BCUT2D eigenvalue weighted by Crippen LogP contribution is 2.41. The van der Waals surface area contributed by atoms with Gasteiger partial charge in [-0.25, -0.2) is 4.99 Å². The third-order valence-electron chi connectivity index (χ3n) is 7.67. The zero-order chi connectivity index (χ0) is 28.6. The molecular formula is C34H25N3O4S. The molecule has 4 aromatic carbocycles. The van der Waals surface area contributed by atoms with Crippen LogP contribution in [0.5, 0.6) is 5.75 Å². The van der Waals surface area contributed by atoms with Crippen LogP contribution in [0.3, 0.4) is 0 Å². The molecule has 7 nitrogen and oxygen atoms in total. The number of non-ortho nitro benzene ring substituents is 1. The first-order chi connectivity index (χ1) is 20.5. The number of ether oxygens (including phenoxy) is 1. The molecule has 0 amide bonds. The van der Waals surface area contributed by atoms with E-state index in [0.29, 0.717) is 33.7 Å². The van der Waals surface area contributed by atoms with E-state index in [1.165, 1.54) is 23.0 Å². The van der Waals surface area contributed by atoms with Gasteiger partial charge in [0.1, 0.15) is 12.4 Å². The molecule has 7 rings (SSSR count). The van der Waals surface area contributed by atoms with Crippen LogP contribution in [0, 0.1) is 10.1 Å². The number of benzene rings is 4. The number of rotatable bonds is 6. The predicted octanol–water partition coefficient (Wildman–Crippen LogP) is 5.81. The van der Waals surface area contributed by atoms with Crippen molar-refractivity contribution in [3.8, 4) is 5.75 Å². The first kappa shape index (κ1) is 25.9. The molecule has 0 saturated carbocycles. The summed E-state index contributed by atoms with van der Waals surface area (Å²) in [6.07, 6.45) is 3.39. The van der Waals surface area contributed by atoms with Gasteiger partial charge in [0.15, 0.2) is 4.80 Å². The van der Waals surface area contributed by atoms with Crippen molar-refractivity contribution >= 4 is 28.8 Å². The number of nitro groups is 1. The Labute approximate surface area is 245 Å². The number of nitrogens with zero attached hydrogens (tertiary/aromatic N) is 3. The van der Waals surface area contributed by atoms with Crippen LogP contribution < -0.4 is 19.6 Å². The number of aromatic nitrogens is 1. The fourth-order valence-electron chi connectivity index (χ4n) is 5.72. The summed E-state index contributed by atoms with van der Waals surface area (Å²) in [7, 11) is 0. The third-order valence-corrected chi connectivity index (χ3v) is 8.66. The zero-order valence-electron chi connectivity index (χ0n) is 22.5. The summed E-state index contributed by atoms with van der Waals surface area (Å²) in [6.45, 7) is 0.447.